The molecular formula is C15H16N2O3. The summed E-state index contributed by atoms with van der Waals surface area (Å²) in [5.41, 5.74) is 1.38. The molecule has 0 fully saturated rings. The van der Waals surface area contributed by atoms with Crippen molar-refractivity contribution in [1.29, 1.82) is 0 Å². The summed E-state index contributed by atoms with van der Waals surface area (Å²) in [6.07, 6.45) is 2.88. The monoisotopic (exact) mass is 272 g/mol. The maximum Gasteiger partial charge on any atom is 0.341 e. The molecule has 1 aliphatic heterocycles. The molecule has 1 aromatic heterocycles. The van der Waals surface area contributed by atoms with Crippen LogP contribution in [0.1, 0.15) is 28.9 Å². The Bertz CT molecular complexity index is 636. The summed E-state index contributed by atoms with van der Waals surface area (Å²) in [5.74, 6) is 0.548. The molecule has 1 aromatic carbocycles. The minimum Gasteiger partial charge on any atom is -0.493 e. The van der Waals surface area contributed by atoms with Crippen LogP contribution in [0.4, 0.5) is 0 Å². The minimum absolute atomic E-state index is 0.116. The number of aryl methyl sites for hydroxylation is 1. The third kappa shape index (κ3) is 2.27. The van der Waals surface area contributed by atoms with Crippen LogP contribution in [-0.4, -0.2) is 22.4 Å². The van der Waals surface area contributed by atoms with E-state index in [-0.39, 0.29) is 18.0 Å². The third-order valence-electron chi connectivity index (χ3n) is 3.42. The number of fused-ring (bicyclic) bond motifs is 1. The second-order valence-electron chi connectivity index (χ2n) is 5.05. The quantitative estimate of drug-likeness (QED) is 0.787. The minimum atomic E-state index is -0.355. The van der Waals surface area contributed by atoms with E-state index in [1.165, 1.54) is 6.20 Å². The number of esters is 1. The lowest BCUT2D eigenvalue weighted by atomic mass is 9.94. The van der Waals surface area contributed by atoms with Crippen molar-refractivity contribution in [1.82, 2.24) is 9.78 Å². The summed E-state index contributed by atoms with van der Waals surface area (Å²) in [5, 5.41) is 3.99. The number of benzene rings is 1. The summed E-state index contributed by atoms with van der Waals surface area (Å²) >= 11 is 0. The van der Waals surface area contributed by atoms with Crippen molar-refractivity contribution in [3.63, 3.8) is 0 Å². The zero-order valence-electron chi connectivity index (χ0n) is 11.4. The molecule has 2 atom stereocenters. The number of ether oxygens (including phenoxy) is 2. The van der Waals surface area contributed by atoms with Crippen molar-refractivity contribution >= 4 is 5.97 Å². The Kier molecular flexibility index (Phi) is 3.18. The van der Waals surface area contributed by atoms with Gasteiger partial charge in [-0.3, -0.25) is 4.68 Å². The third-order valence-corrected chi connectivity index (χ3v) is 3.42. The highest BCUT2D eigenvalue weighted by molar-refractivity contribution is 5.89. The number of hydrogen-bond acceptors (Lipinski definition) is 4. The fourth-order valence-corrected chi connectivity index (χ4v) is 2.35. The number of aromatic nitrogens is 2. The predicted octanol–water partition coefficient (Wildman–Crippen LogP) is 2.35. The van der Waals surface area contributed by atoms with Crippen molar-refractivity contribution in [3.05, 3.63) is 47.8 Å². The van der Waals surface area contributed by atoms with E-state index in [4.69, 9.17) is 9.47 Å². The first-order chi connectivity index (χ1) is 9.65. The Morgan fingerprint density at radius 3 is 3.00 bits per heavy atom. The van der Waals surface area contributed by atoms with E-state index in [9.17, 15) is 4.79 Å². The number of nitrogens with zero attached hydrogens (tertiary/aromatic N) is 2. The summed E-state index contributed by atoms with van der Waals surface area (Å²) in [6.45, 7) is 2.55. The van der Waals surface area contributed by atoms with Gasteiger partial charge < -0.3 is 9.47 Å². The van der Waals surface area contributed by atoms with Crippen molar-refractivity contribution in [2.24, 2.45) is 13.0 Å². The normalized spacial score (nSPS) is 20.9. The Labute approximate surface area is 117 Å². The van der Waals surface area contributed by atoms with Crippen molar-refractivity contribution in [3.8, 4) is 5.75 Å². The molecule has 0 saturated carbocycles. The largest absolute Gasteiger partial charge is 0.493 e. The van der Waals surface area contributed by atoms with Crippen LogP contribution in [0.5, 0.6) is 5.75 Å². The van der Waals surface area contributed by atoms with E-state index in [2.05, 4.69) is 5.10 Å². The van der Waals surface area contributed by atoms with Crippen molar-refractivity contribution in [2.75, 3.05) is 6.61 Å². The Balaban J connectivity index is 1.85. The second-order valence-corrected chi connectivity index (χ2v) is 5.05. The topological polar surface area (TPSA) is 53.4 Å². The molecular weight excluding hydrogens is 256 g/mol. The Hall–Kier alpha value is -2.30. The van der Waals surface area contributed by atoms with Crippen LogP contribution in [0.15, 0.2) is 36.7 Å². The molecule has 2 heterocycles. The lowest BCUT2D eigenvalue weighted by molar-refractivity contribution is -0.000229. The molecule has 20 heavy (non-hydrogen) atoms. The fourth-order valence-electron chi connectivity index (χ4n) is 2.35. The van der Waals surface area contributed by atoms with Gasteiger partial charge in [0.15, 0.2) is 0 Å². The summed E-state index contributed by atoms with van der Waals surface area (Å²) in [4.78, 5) is 12.2. The molecule has 3 rings (SSSR count). The van der Waals surface area contributed by atoms with E-state index >= 15 is 0 Å². The lowest BCUT2D eigenvalue weighted by Crippen LogP contribution is -2.27. The summed E-state index contributed by atoms with van der Waals surface area (Å²) < 4.78 is 12.9. The fraction of sp³-hybridized carbons (Fsp3) is 0.333. The zero-order valence-corrected chi connectivity index (χ0v) is 11.4. The maximum absolute atomic E-state index is 12.2. The van der Waals surface area contributed by atoms with Gasteiger partial charge in [0.1, 0.15) is 11.9 Å². The first-order valence-electron chi connectivity index (χ1n) is 6.56. The van der Waals surface area contributed by atoms with E-state index in [0.717, 1.165) is 11.3 Å². The van der Waals surface area contributed by atoms with Gasteiger partial charge in [0.05, 0.1) is 18.4 Å². The van der Waals surface area contributed by atoms with Crippen LogP contribution in [-0.2, 0) is 11.8 Å². The molecule has 0 radical (unpaired) electrons. The second kappa shape index (κ2) is 5.00. The van der Waals surface area contributed by atoms with Gasteiger partial charge in [-0.2, -0.15) is 5.10 Å². The van der Waals surface area contributed by atoms with E-state index in [1.54, 1.807) is 17.9 Å². The SMILES string of the molecule is C[C@H]1COc2ccccc2[C@@H]1OC(=O)c1cnn(C)c1. The summed E-state index contributed by atoms with van der Waals surface area (Å²) in [6, 6.07) is 7.66. The molecule has 0 unspecified atom stereocenters. The van der Waals surface area contributed by atoms with Gasteiger partial charge in [0.25, 0.3) is 0 Å². The number of carbonyl (C=O) groups is 1. The van der Waals surface area contributed by atoms with Crippen LogP contribution < -0.4 is 4.74 Å². The van der Waals surface area contributed by atoms with Gasteiger partial charge in [-0.1, -0.05) is 25.1 Å². The molecule has 5 nitrogen and oxygen atoms in total. The first-order valence-corrected chi connectivity index (χ1v) is 6.56. The molecule has 5 heteroatoms. The molecule has 0 N–H and O–H groups in total. The van der Waals surface area contributed by atoms with Gasteiger partial charge in [0.2, 0.25) is 0 Å². The predicted molar refractivity (Wildman–Crippen MR) is 72.5 cm³/mol. The number of para-hydroxylation sites is 1. The number of rotatable bonds is 2. The molecule has 0 bridgehead atoms. The van der Waals surface area contributed by atoms with Gasteiger partial charge in [0, 0.05) is 24.7 Å². The first kappa shape index (κ1) is 12.7. The standard InChI is InChI=1S/C15H16N2O3/c1-10-9-19-13-6-4-3-5-12(13)14(10)20-15(18)11-7-16-17(2)8-11/h3-8,10,14H,9H2,1-2H3/t10-,14+/m0/s1. The van der Waals surface area contributed by atoms with Crippen LogP contribution in [0.3, 0.4) is 0 Å². The van der Waals surface area contributed by atoms with E-state index in [1.807, 2.05) is 31.2 Å². The summed E-state index contributed by atoms with van der Waals surface area (Å²) in [7, 11) is 1.77. The highest BCUT2D eigenvalue weighted by Crippen LogP contribution is 2.37. The van der Waals surface area contributed by atoms with Crippen LogP contribution >= 0.6 is 0 Å². The van der Waals surface area contributed by atoms with Crippen LogP contribution in [0.25, 0.3) is 0 Å². The molecule has 2 aromatic rings. The average Bonchev–Trinajstić information content (AvgIpc) is 2.89. The van der Waals surface area contributed by atoms with Gasteiger partial charge in [-0.05, 0) is 6.07 Å². The van der Waals surface area contributed by atoms with Crippen LogP contribution in [0.2, 0.25) is 0 Å². The van der Waals surface area contributed by atoms with E-state index in [0.29, 0.717) is 12.2 Å². The number of carbonyl (C=O) groups excluding carboxylic acids is 1. The smallest absolute Gasteiger partial charge is 0.341 e. The van der Waals surface area contributed by atoms with Gasteiger partial charge >= 0.3 is 5.97 Å². The Morgan fingerprint density at radius 2 is 2.25 bits per heavy atom. The number of hydrogen-bond donors (Lipinski definition) is 0. The average molecular weight is 272 g/mol. The van der Waals surface area contributed by atoms with Crippen molar-refractivity contribution in [2.45, 2.75) is 13.0 Å². The molecule has 104 valence electrons. The molecule has 0 aliphatic carbocycles. The zero-order chi connectivity index (χ0) is 14.1. The maximum atomic E-state index is 12.2. The van der Waals surface area contributed by atoms with Crippen molar-refractivity contribution < 1.29 is 14.3 Å². The van der Waals surface area contributed by atoms with E-state index < -0.39 is 0 Å². The lowest BCUT2D eigenvalue weighted by Gasteiger charge is -2.30. The highest BCUT2D eigenvalue weighted by Gasteiger charge is 2.31. The molecule has 0 spiro atoms. The highest BCUT2D eigenvalue weighted by atomic mass is 16.6. The van der Waals surface area contributed by atoms with Gasteiger partial charge in [-0.15, -0.1) is 0 Å². The molecule has 1 aliphatic rings. The molecule has 0 amide bonds. The van der Waals surface area contributed by atoms with Crippen LogP contribution in [0, 0.1) is 5.92 Å². The Morgan fingerprint density at radius 1 is 1.45 bits per heavy atom. The van der Waals surface area contributed by atoms with Gasteiger partial charge in [-0.25, -0.2) is 4.79 Å². The molecule has 0 saturated heterocycles.